The molecule has 2 amide bonds. The number of carbonyl (C=O) groups excluding carboxylic acids is 2. The number of amides is 2. The predicted octanol–water partition coefficient (Wildman–Crippen LogP) is 3.60. The normalized spacial score (nSPS) is 11.0. The topological polar surface area (TPSA) is 70.6 Å². The quantitative estimate of drug-likeness (QED) is 0.621. The second-order valence-electron chi connectivity index (χ2n) is 5.15. The molecule has 124 valence electrons. The summed E-state index contributed by atoms with van der Waals surface area (Å²) in [5, 5.41) is 7.39. The lowest BCUT2D eigenvalue weighted by Crippen LogP contribution is -2.21. The van der Waals surface area contributed by atoms with Crippen molar-refractivity contribution in [2.75, 3.05) is 5.32 Å². The average Bonchev–Trinajstić information content (AvgIpc) is 2.59. The fourth-order valence-electron chi connectivity index (χ4n) is 1.93. The molecule has 2 N–H and O–H groups in total. The Kier molecular flexibility index (Phi) is 6.51. The summed E-state index contributed by atoms with van der Waals surface area (Å²) >= 11 is 5.83. The van der Waals surface area contributed by atoms with Gasteiger partial charge in [0.1, 0.15) is 0 Å². The van der Waals surface area contributed by atoms with E-state index in [0.717, 1.165) is 5.56 Å². The molecule has 2 rings (SSSR count). The van der Waals surface area contributed by atoms with Crippen LogP contribution in [0.2, 0.25) is 5.02 Å². The second kappa shape index (κ2) is 8.84. The molecule has 0 fully saturated rings. The van der Waals surface area contributed by atoms with Gasteiger partial charge in [-0.2, -0.15) is 5.10 Å². The van der Waals surface area contributed by atoms with Crippen LogP contribution in [0.1, 0.15) is 25.3 Å². The Labute approximate surface area is 145 Å². The van der Waals surface area contributed by atoms with Crippen LogP contribution >= 0.6 is 11.6 Å². The van der Waals surface area contributed by atoms with Gasteiger partial charge in [0, 0.05) is 23.6 Å². The molecule has 0 heterocycles. The Hall–Kier alpha value is -2.66. The van der Waals surface area contributed by atoms with Crippen LogP contribution in [0.25, 0.3) is 0 Å². The Morgan fingerprint density at radius 1 is 0.958 bits per heavy atom. The summed E-state index contributed by atoms with van der Waals surface area (Å²) in [4.78, 5) is 23.5. The third-order valence-electron chi connectivity index (χ3n) is 3.25. The Morgan fingerprint density at radius 2 is 1.58 bits per heavy atom. The molecule has 2 aromatic carbocycles. The lowest BCUT2D eigenvalue weighted by Gasteiger charge is -2.05. The molecule has 2 aromatic rings. The van der Waals surface area contributed by atoms with Gasteiger partial charge in [0.05, 0.1) is 5.71 Å². The molecule has 0 radical (unpaired) electrons. The largest absolute Gasteiger partial charge is 0.326 e. The number of hydrazone groups is 1. The van der Waals surface area contributed by atoms with Gasteiger partial charge < -0.3 is 5.32 Å². The van der Waals surface area contributed by atoms with E-state index in [1.807, 2.05) is 30.3 Å². The summed E-state index contributed by atoms with van der Waals surface area (Å²) in [6.45, 7) is 1.78. The highest BCUT2D eigenvalue weighted by Crippen LogP contribution is 2.10. The summed E-state index contributed by atoms with van der Waals surface area (Å²) in [6.07, 6.45) is 0.159. The van der Waals surface area contributed by atoms with Crippen molar-refractivity contribution >= 4 is 34.8 Å². The Balaban J connectivity index is 1.77. The van der Waals surface area contributed by atoms with E-state index < -0.39 is 0 Å². The van der Waals surface area contributed by atoms with Crippen LogP contribution in [-0.4, -0.2) is 17.5 Å². The van der Waals surface area contributed by atoms with Crippen LogP contribution in [0.3, 0.4) is 0 Å². The molecule has 0 bridgehead atoms. The SMILES string of the molecule is CC(=NNC(=O)CCC(=O)Nc1ccccc1)c1ccc(Cl)cc1. The van der Waals surface area contributed by atoms with Crippen molar-refractivity contribution in [1.82, 2.24) is 5.43 Å². The highest BCUT2D eigenvalue weighted by Gasteiger charge is 2.07. The average molecular weight is 344 g/mol. The van der Waals surface area contributed by atoms with Crippen molar-refractivity contribution in [2.24, 2.45) is 5.10 Å². The molecule has 6 heteroatoms. The second-order valence-corrected chi connectivity index (χ2v) is 5.59. The van der Waals surface area contributed by atoms with Crippen molar-refractivity contribution in [2.45, 2.75) is 19.8 Å². The molecule has 0 spiro atoms. The molecule has 24 heavy (non-hydrogen) atoms. The number of hydrogen-bond donors (Lipinski definition) is 2. The molecule has 0 atom stereocenters. The van der Waals surface area contributed by atoms with Gasteiger partial charge in [-0.1, -0.05) is 41.9 Å². The van der Waals surface area contributed by atoms with E-state index in [-0.39, 0.29) is 24.7 Å². The molecule has 0 aliphatic carbocycles. The van der Waals surface area contributed by atoms with Gasteiger partial charge in [-0.3, -0.25) is 9.59 Å². The molecule has 0 aromatic heterocycles. The van der Waals surface area contributed by atoms with Gasteiger partial charge in [0.15, 0.2) is 0 Å². The maximum atomic E-state index is 11.8. The predicted molar refractivity (Wildman–Crippen MR) is 96.1 cm³/mol. The van der Waals surface area contributed by atoms with E-state index in [9.17, 15) is 9.59 Å². The van der Waals surface area contributed by atoms with Crippen molar-refractivity contribution < 1.29 is 9.59 Å². The molecule has 0 saturated heterocycles. The van der Waals surface area contributed by atoms with Crippen LogP contribution in [0.4, 0.5) is 5.69 Å². The summed E-state index contributed by atoms with van der Waals surface area (Å²) in [5.41, 5.74) is 4.68. The minimum absolute atomic E-state index is 0.0655. The van der Waals surface area contributed by atoms with Crippen LogP contribution in [-0.2, 0) is 9.59 Å². The van der Waals surface area contributed by atoms with E-state index in [1.54, 1.807) is 31.2 Å². The first-order valence-electron chi connectivity index (χ1n) is 7.48. The zero-order chi connectivity index (χ0) is 17.4. The fourth-order valence-corrected chi connectivity index (χ4v) is 2.06. The number of hydrogen-bond acceptors (Lipinski definition) is 3. The van der Waals surface area contributed by atoms with Crippen molar-refractivity contribution in [3.05, 3.63) is 65.2 Å². The van der Waals surface area contributed by atoms with Crippen LogP contribution < -0.4 is 10.7 Å². The monoisotopic (exact) mass is 343 g/mol. The number of anilines is 1. The lowest BCUT2D eigenvalue weighted by atomic mass is 10.1. The van der Waals surface area contributed by atoms with Crippen LogP contribution in [0, 0.1) is 0 Å². The summed E-state index contributed by atoms with van der Waals surface area (Å²) in [6, 6.07) is 16.3. The van der Waals surface area contributed by atoms with Gasteiger partial charge in [0.25, 0.3) is 0 Å². The first-order valence-corrected chi connectivity index (χ1v) is 7.86. The van der Waals surface area contributed by atoms with Crippen LogP contribution in [0.15, 0.2) is 59.7 Å². The smallest absolute Gasteiger partial charge is 0.240 e. The number of rotatable bonds is 6. The third-order valence-corrected chi connectivity index (χ3v) is 3.50. The molecular formula is C18H18ClN3O2. The van der Waals surface area contributed by atoms with E-state index in [4.69, 9.17) is 11.6 Å². The Morgan fingerprint density at radius 3 is 2.25 bits per heavy atom. The van der Waals surface area contributed by atoms with Gasteiger partial charge in [-0.15, -0.1) is 0 Å². The molecule has 0 aliphatic rings. The number of para-hydroxylation sites is 1. The van der Waals surface area contributed by atoms with Gasteiger partial charge in [-0.25, -0.2) is 5.43 Å². The molecule has 0 aliphatic heterocycles. The number of halogens is 1. The first-order chi connectivity index (χ1) is 11.5. The van der Waals surface area contributed by atoms with Gasteiger partial charge in [-0.05, 0) is 36.8 Å². The van der Waals surface area contributed by atoms with Crippen molar-refractivity contribution in [3.8, 4) is 0 Å². The fraction of sp³-hybridized carbons (Fsp3) is 0.167. The molecule has 0 unspecified atom stereocenters. The van der Waals surface area contributed by atoms with Crippen LogP contribution in [0.5, 0.6) is 0 Å². The standard InChI is InChI=1S/C18H18ClN3O2/c1-13(14-7-9-15(19)10-8-14)21-22-18(24)12-11-17(23)20-16-5-3-2-4-6-16/h2-10H,11-12H2,1H3,(H,20,23)(H,22,24). The third kappa shape index (κ3) is 5.85. The zero-order valence-corrected chi connectivity index (χ0v) is 14.0. The number of benzene rings is 2. The van der Waals surface area contributed by atoms with Crippen molar-refractivity contribution in [3.63, 3.8) is 0 Å². The minimum Gasteiger partial charge on any atom is -0.326 e. The lowest BCUT2D eigenvalue weighted by molar-refractivity contribution is -0.124. The zero-order valence-electron chi connectivity index (χ0n) is 13.3. The van der Waals surface area contributed by atoms with Gasteiger partial charge >= 0.3 is 0 Å². The van der Waals surface area contributed by atoms with E-state index >= 15 is 0 Å². The highest BCUT2D eigenvalue weighted by molar-refractivity contribution is 6.30. The van der Waals surface area contributed by atoms with E-state index in [2.05, 4.69) is 15.8 Å². The number of carbonyl (C=O) groups is 2. The van der Waals surface area contributed by atoms with Crippen molar-refractivity contribution in [1.29, 1.82) is 0 Å². The number of nitrogens with one attached hydrogen (secondary N) is 2. The minimum atomic E-state index is -0.313. The first kappa shape index (κ1) is 17.7. The summed E-state index contributed by atoms with van der Waals surface area (Å²) < 4.78 is 0. The maximum absolute atomic E-state index is 11.8. The van der Waals surface area contributed by atoms with Gasteiger partial charge in [0.2, 0.25) is 11.8 Å². The number of nitrogens with zero attached hydrogens (tertiary/aromatic N) is 1. The molecule has 5 nitrogen and oxygen atoms in total. The molecular weight excluding hydrogens is 326 g/mol. The Bertz CT molecular complexity index is 728. The van der Waals surface area contributed by atoms with E-state index in [1.165, 1.54) is 0 Å². The summed E-state index contributed by atoms with van der Waals surface area (Å²) in [5.74, 6) is -0.527. The molecule has 0 saturated carbocycles. The van der Waals surface area contributed by atoms with E-state index in [0.29, 0.717) is 16.4 Å². The summed E-state index contributed by atoms with van der Waals surface area (Å²) in [7, 11) is 0. The maximum Gasteiger partial charge on any atom is 0.240 e. The highest BCUT2D eigenvalue weighted by atomic mass is 35.5.